The summed E-state index contributed by atoms with van der Waals surface area (Å²) in [4.78, 5) is 2.40. The van der Waals surface area contributed by atoms with Gasteiger partial charge >= 0.3 is 0 Å². The standard InChI is InChI=1S/C10H21NO2/c1-5-12-9-8-11(6-7-13-9)10(2,3)4/h9H,5-8H2,1-4H3. The van der Waals surface area contributed by atoms with Crippen LogP contribution in [0.2, 0.25) is 0 Å². The van der Waals surface area contributed by atoms with E-state index >= 15 is 0 Å². The van der Waals surface area contributed by atoms with Crippen LogP contribution >= 0.6 is 0 Å². The average molecular weight is 187 g/mol. The van der Waals surface area contributed by atoms with Gasteiger partial charge in [-0.1, -0.05) is 0 Å². The third-order valence-electron chi connectivity index (χ3n) is 2.34. The van der Waals surface area contributed by atoms with Gasteiger partial charge in [0.05, 0.1) is 13.2 Å². The molecule has 0 saturated carbocycles. The van der Waals surface area contributed by atoms with Crippen molar-refractivity contribution in [1.29, 1.82) is 0 Å². The third-order valence-corrected chi connectivity index (χ3v) is 2.34. The molecule has 0 aliphatic carbocycles. The highest BCUT2D eigenvalue weighted by atomic mass is 16.7. The van der Waals surface area contributed by atoms with Gasteiger partial charge in [0.15, 0.2) is 6.29 Å². The first-order valence-corrected chi connectivity index (χ1v) is 5.02. The molecule has 1 fully saturated rings. The van der Waals surface area contributed by atoms with Crippen molar-refractivity contribution >= 4 is 0 Å². The second-order valence-electron chi connectivity index (χ2n) is 4.37. The Morgan fingerprint density at radius 3 is 2.69 bits per heavy atom. The number of hydrogen-bond donors (Lipinski definition) is 0. The zero-order chi connectivity index (χ0) is 9.90. The molecule has 3 heteroatoms. The Morgan fingerprint density at radius 2 is 2.15 bits per heavy atom. The second kappa shape index (κ2) is 4.40. The predicted molar refractivity (Wildman–Crippen MR) is 52.7 cm³/mol. The van der Waals surface area contributed by atoms with Crippen LogP contribution in [-0.2, 0) is 9.47 Å². The number of morpholine rings is 1. The summed E-state index contributed by atoms with van der Waals surface area (Å²) in [6.07, 6.45) is -0.0297. The van der Waals surface area contributed by atoms with Crippen LogP contribution in [0, 0.1) is 0 Å². The number of ether oxygens (including phenoxy) is 2. The van der Waals surface area contributed by atoms with Gasteiger partial charge in [0, 0.05) is 18.7 Å². The fraction of sp³-hybridized carbons (Fsp3) is 1.00. The van der Waals surface area contributed by atoms with Crippen LogP contribution in [0.15, 0.2) is 0 Å². The Labute approximate surface area is 81.0 Å². The lowest BCUT2D eigenvalue weighted by atomic mass is 10.1. The minimum Gasteiger partial charge on any atom is -0.352 e. The molecular formula is C10H21NO2. The van der Waals surface area contributed by atoms with E-state index in [2.05, 4.69) is 25.7 Å². The minimum atomic E-state index is -0.0297. The topological polar surface area (TPSA) is 21.7 Å². The molecule has 1 rings (SSSR count). The molecular weight excluding hydrogens is 166 g/mol. The van der Waals surface area contributed by atoms with E-state index in [1.54, 1.807) is 0 Å². The van der Waals surface area contributed by atoms with E-state index in [-0.39, 0.29) is 11.8 Å². The monoisotopic (exact) mass is 187 g/mol. The fourth-order valence-corrected chi connectivity index (χ4v) is 1.51. The number of hydrogen-bond acceptors (Lipinski definition) is 3. The van der Waals surface area contributed by atoms with Gasteiger partial charge in [-0.15, -0.1) is 0 Å². The summed E-state index contributed by atoms with van der Waals surface area (Å²) in [5.41, 5.74) is 0.221. The SMILES string of the molecule is CCOC1CN(C(C)(C)C)CCO1. The van der Waals surface area contributed by atoms with Crippen molar-refractivity contribution in [2.45, 2.75) is 39.5 Å². The molecule has 1 aliphatic heterocycles. The van der Waals surface area contributed by atoms with Crippen molar-refractivity contribution in [3.05, 3.63) is 0 Å². The summed E-state index contributed by atoms with van der Waals surface area (Å²) in [5.74, 6) is 0. The highest BCUT2D eigenvalue weighted by Crippen LogP contribution is 2.17. The van der Waals surface area contributed by atoms with Crippen molar-refractivity contribution < 1.29 is 9.47 Å². The highest BCUT2D eigenvalue weighted by Gasteiger charge is 2.28. The molecule has 13 heavy (non-hydrogen) atoms. The lowest BCUT2D eigenvalue weighted by Gasteiger charge is -2.41. The first-order chi connectivity index (χ1) is 6.04. The predicted octanol–water partition coefficient (Wildman–Crippen LogP) is 1.48. The lowest BCUT2D eigenvalue weighted by molar-refractivity contribution is -0.188. The largest absolute Gasteiger partial charge is 0.352 e. The van der Waals surface area contributed by atoms with Crippen LogP contribution in [0.5, 0.6) is 0 Å². The van der Waals surface area contributed by atoms with Crippen molar-refractivity contribution in [2.75, 3.05) is 26.3 Å². The molecule has 0 spiro atoms. The third kappa shape index (κ3) is 3.25. The molecule has 1 heterocycles. The molecule has 1 aliphatic rings. The van der Waals surface area contributed by atoms with Gasteiger partial charge in [-0.05, 0) is 27.7 Å². The van der Waals surface area contributed by atoms with Crippen LogP contribution in [0.1, 0.15) is 27.7 Å². The molecule has 3 nitrogen and oxygen atoms in total. The molecule has 1 saturated heterocycles. The Kier molecular flexibility index (Phi) is 3.71. The van der Waals surface area contributed by atoms with Crippen molar-refractivity contribution in [3.63, 3.8) is 0 Å². The average Bonchev–Trinajstić information content (AvgIpc) is 2.04. The second-order valence-corrected chi connectivity index (χ2v) is 4.37. The molecule has 78 valence electrons. The Bertz CT molecular complexity index is 151. The minimum absolute atomic E-state index is 0.0297. The maximum atomic E-state index is 5.48. The van der Waals surface area contributed by atoms with Gasteiger partial charge in [0.2, 0.25) is 0 Å². The molecule has 1 unspecified atom stereocenters. The lowest BCUT2D eigenvalue weighted by Crippen LogP contribution is -2.52. The van der Waals surface area contributed by atoms with Crippen LogP contribution in [0.25, 0.3) is 0 Å². The van der Waals surface area contributed by atoms with Crippen LogP contribution in [0.3, 0.4) is 0 Å². The zero-order valence-electron chi connectivity index (χ0n) is 9.17. The summed E-state index contributed by atoms with van der Waals surface area (Å²) in [6, 6.07) is 0. The first kappa shape index (κ1) is 11.0. The Balaban J connectivity index is 2.42. The summed E-state index contributed by atoms with van der Waals surface area (Å²) >= 11 is 0. The molecule has 0 bridgehead atoms. The fourth-order valence-electron chi connectivity index (χ4n) is 1.51. The van der Waals surface area contributed by atoms with E-state index in [0.29, 0.717) is 0 Å². The van der Waals surface area contributed by atoms with Gasteiger partial charge < -0.3 is 9.47 Å². The smallest absolute Gasteiger partial charge is 0.170 e. The quantitative estimate of drug-likeness (QED) is 0.653. The Hall–Kier alpha value is -0.120. The molecule has 1 atom stereocenters. The van der Waals surface area contributed by atoms with E-state index in [0.717, 1.165) is 26.3 Å². The first-order valence-electron chi connectivity index (χ1n) is 5.02. The normalized spacial score (nSPS) is 26.3. The van der Waals surface area contributed by atoms with E-state index in [1.165, 1.54) is 0 Å². The van der Waals surface area contributed by atoms with Gasteiger partial charge in [0.1, 0.15) is 0 Å². The summed E-state index contributed by atoms with van der Waals surface area (Å²) < 4.78 is 10.9. The molecule has 0 aromatic carbocycles. The van der Waals surface area contributed by atoms with Gasteiger partial charge in [-0.2, -0.15) is 0 Å². The van der Waals surface area contributed by atoms with E-state index in [9.17, 15) is 0 Å². The van der Waals surface area contributed by atoms with Crippen LogP contribution in [-0.4, -0.2) is 43.0 Å². The maximum absolute atomic E-state index is 5.48. The van der Waals surface area contributed by atoms with Gasteiger partial charge in [0.25, 0.3) is 0 Å². The number of rotatable bonds is 2. The Morgan fingerprint density at radius 1 is 1.46 bits per heavy atom. The van der Waals surface area contributed by atoms with Gasteiger partial charge in [-0.25, -0.2) is 0 Å². The van der Waals surface area contributed by atoms with E-state index in [4.69, 9.17) is 9.47 Å². The molecule has 0 aromatic rings. The van der Waals surface area contributed by atoms with Crippen LogP contribution < -0.4 is 0 Å². The molecule has 0 amide bonds. The molecule has 0 aromatic heterocycles. The van der Waals surface area contributed by atoms with Crippen molar-refractivity contribution in [1.82, 2.24) is 4.90 Å². The summed E-state index contributed by atoms with van der Waals surface area (Å²) in [6.45, 7) is 12.1. The maximum Gasteiger partial charge on any atom is 0.170 e. The van der Waals surface area contributed by atoms with Crippen LogP contribution in [0.4, 0.5) is 0 Å². The summed E-state index contributed by atoms with van der Waals surface area (Å²) in [5, 5.41) is 0. The molecule has 0 N–H and O–H groups in total. The summed E-state index contributed by atoms with van der Waals surface area (Å²) in [7, 11) is 0. The van der Waals surface area contributed by atoms with E-state index < -0.39 is 0 Å². The molecule has 0 radical (unpaired) electrons. The van der Waals surface area contributed by atoms with Crippen molar-refractivity contribution in [3.8, 4) is 0 Å². The van der Waals surface area contributed by atoms with E-state index in [1.807, 2.05) is 6.92 Å². The van der Waals surface area contributed by atoms with Gasteiger partial charge in [-0.3, -0.25) is 4.90 Å². The number of nitrogens with zero attached hydrogens (tertiary/aromatic N) is 1. The van der Waals surface area contributed by atoms with Crippen molar-refractivity contribution in [2.24, 2.45) is 0 Å². The zero-order valence-corrected chi connectivity index (χ0v) is 9.17. The highest BCUT2D eigenvalue weighted by molar-refractivity contribution is 4.79.